The molecule has 0 unspecified atom stereocenters. The van der Waals surface area contributed by atoms with Crippen molar-refractivity contribution in [2.24, 2.45) is 11.5 Å². The van der Waals surface area contributed by atoms with Crippen LogP contribution in [0.2, 0.25) is 0 Å². The lowest BCUT2D eigenvalue weighted by Crippen LogP contribution is -2.33. The van der Waals surface area contributed by atoms with E-state index < -0.39 is 31.1 Å². The van der Waals surface area contributed by atoms with Crippen LogP contribution in [-0.2, 0) is 4.74 Å². The largest absolute Gasteiger partial charge is 0.394 e. The lowest BCUT2D eigenvalue weighted by Gasteiger charge is -2.16. The molecule has 116 valence electrons. The van der Waals surface area contributed by atoms with Crippen LogP contribution in [0.4, 0.5) is 5.82 Å². The van der Waals surface area contributed by atoms with Gasteiger partial charge in [0.2, 0.25) is 0 Å². The van der Waals surface area contributed by atoms with E-state index in [1.54, 1.807) is 0 Å². The molecule has 0 bridgehead atoms. The summed E-state index contributed by atoms with van der Waals surface area (Å²) in [5.41, 5.74) is 17.3. The summed E-state index contributed by atoms with van der Waals surface area (Å²) in [5.74, 6) is 0.000129. The molecule has 0 aromatic carbocycles. The molecule has 0 saturated carbocycles. The van der Waals surface area contributed by atoms with Crippen molar-refractivity contribution in [2.75, 3.05) is 12.3 Å². The standard InChI is InChI=1S/C10H15N5O4S2/c11-7-3(8(12)20)4(9(13)21)14-15(7)10-6(18)5(17)2(1-16)19-10/h2,5-6,10,16-18H,1,11H2,(H2,12,20)(H2,13,21)/t2-,5-,6-,10-/m1/s1. The van der Waals surface area contributed by atoms with Crippen LogP contribution in [0.5, 0.6) is 0 Å². The van der Waals surface area contributed by atoms with Crippen molar-refractivity contribution in [3.05, 3.63) is 11.3 Å². The average Bonchev–Trinajstić information content (AvgIpc) is 2.89. The molecule has 1 aromatic heterocycles. The van der Waals surface area contributed by atoms with Gasteiger partial charge in [-0.05, 0) is 0 Å². The molecular weight excluding hydrogens is 318 g/mol. The van der Waals surface area contributed by atoms with Crippen LogP contribution in [0.25, 0.3) is 0 Å². The van der Waals surface area contributed by atoms with E-state index in [0.717, 1.165) is 4.68 Å². The number of ether oxygens (including phenoxy) is 1. The molecule has 9 N–H and O–H groups in total. The zero-order chi connectivity index (χ0) is 15.9. The third-order valence-corrected chi connectivity index (χ3v) is 3.58. The SMILES string of the molecule is NC(=S)c1nn([C@@H]2O[C@H](CO)[C@@H](O)[C@H]2O)c(N)c1C(N)=S. The highest BCUT2D eigenvalue weighted by Gasteiger charge is 2.45. The van der Waals surface area contributed by atoms with Crippen LogP contribution in [0.1, 0.15) is 17.5 Å². The van der Waals surface area contributed by atoms with E-state index in [9.17, 15) is 10.2 Å². The van der Waals surface area contributed by atoms with E-state index in [2.05, 4.69) is 5.10 Å². The monoisotopic (exact) mass is 333 g/mol. The summed E-state index contributed by atoms with van der Waals surface area (Å²) < 4.78 is 6.42. The van der Waals surface area contributed by atoms with Gasteiger partial charge in [0.1, 0.15) is 39.8 Å². The summed E-state index contributed by atoms with van der Waals surface area (Å²) >= 11 is 9.73. The number of anilines is 1. The fourth-order valence-electron chi connectivity index (χ4n) is 2.14. The minimum atomic E-state index is -1.34. The van der Waals surface area contributed by atoms with Gasteiger partial charge in [0.15, 0.2) is 6.23 Å². The number of rotatable bonds is 4. The van der Waals surface area contributed by atoms with E-state index in [1.807, 2.05) is 0 Å². The zero-order valence-electron chi connectivity index (χ0n) is 10.7. The minimum Gasteiger partial charge on any atom is -0.394 e. The maximum absolute atomic E-state index is 9.98. The van der Waals surface area contributed by atoms with Crippen molar-refractivity contribution < 1.29 is 20.1 Å². The molecule has 0 aliphatic carbocycles. The molecule has 0 spiro atoms. The van der Waals surface area contributed by atoms with E-state index >= 15 is 0 Å². The Bertz CT molecular complexity index is 592. The summed E-state index contributed by atoms with van der Waals surface area (Å²) in [5, 5.41) is 32.9. The first-order valence-corrected chi connectivity index (χ1v) is 6.71. The fourth-order valence-corrected chi connectivity index (χ4v) is 2.48. The van der Waals surface area contributed by atoms with Crippen molar-refractivity contribution in [1.82, 2.24) is 9.78 Å². The summed E-state index contributed by atoms with van der Waals surface area (Å²) in [4.78, 5) is -0.136. The fraction of sp³-hybridized carbons (Fsp3) is 0.500. The number of aromatic nitrogens is 2. The number of nitrogens with two attached hydrogens (primary N) is 3. The van der Waals surface area contributed by atoms with Gasteiger partial charge < -0.3 is 37.3 Å². The minimum absolute atomic E-state index is 0.000129. The Labute approximate surface area is 130 Å². The molecular formula is C10H15N5O4S2. The van der Waals surface area contributed by atoms with E-state index in [4.69, 9.17) is 51.5 Å². The molecule has 21 heavy (non-hydrogen) atoms. The maximum atomic E-state index is 9.98. The second-order valence-corrected chi connectivity index (χ2v) is 5.39. The van der Waals surface area contributed by atoms with Gasteiger partial charge in [-0.1, -0.05) is 24.4 Å². The van der Waals surface area contributed by atoms with Crippen LogP contribution >= 0.6 is 24.4 Å². The lowest BCUT2D eigenvalue weighted by molar-refractivity contribution is -0.0574. The molecule has 0 radical (unpaired) electrons. The highest BCUT2D eigenvalue weighted by Crippen LogP contribution is 2.32. The number of nitrogen functional groups attached to an aromatic ring is 1. The van der Waals surface area contributed by atoms with Gasteiger partial charge in [-0.2, -0.15) is 5.10 Å². The first kappa shape index (κ1) is 16.0. The molecule has 1 aliphatic heterocycles. The highest BCUT2D eigenvalue weighted by molar-refractivity contribution is 7.81. The number of aliphatic hydroxyl groups excluding tert-OH is 3. The van der Waals surface area contributed by atoms with Gasteiger partial charge in [-0.3, -0.25) is 0 Å². The second-order valence-electron chi connectivity index (χ2n) is 4.51. The van der Waals surface area contributed by atoms with Gasteiger partial charge in [0.05, 0.1) is 12.2 Å². The van der Waals surface area contributed by atoms with Gasteiger partial charge in [-0.15, -0.1) is 0 Å². The number of hydrogen-bond donors (Lipinski definition) is 6. The van der Waals surface area contributed by atoms with Crippen LogP contribution < -0.4 is 17.2 Å². The topological polar surface area (TPSA) is 166 Å². The number of nitrogens with zero attached hydrogens (tertiary/aromatic N) is 2. The smallest absolute Gasteiger partial charge is 0.181 e. The van der Waals surface area contributed by atoms with Crippen LogP contribution in [0, 0.1) is 0 Å². The summed E-state index contributed by atoms with van der Waals surface area (Å²) in [6, 6.07) is 0. The normalized spacial score (nSPS) is 28.7. The van der Waals surface area contributed by atoms with Crippen molar-refractivity contribution in [1.29, 1.82) is 0 Å². The molecule has 11 heteroatoms. The Balaban J connectivity index is 2.48. The third-order valence-electron chi connectivity index (χ3n) is 3.19. The molecule has 2 rings (SSSR count). The Hall–Kier alpha value is -1.37. The quantitative estimate of drug-likeness (QED) is 0.320. The Morgan fingerprint density at radius 1 is 1.24 bits per heavy atom. The first-order valence-electron chi connectivity index (χ1n) is 5.89. The van der Waals surface area contributed by atoms with Gasteiger partial charge in [0, 0.05) is 0 Å². The predicted molar refractivity (Wildman–Crippen MR) is 81.4 cm³/mol. The highest BCUT2D eigenvalue weighted by atomic mass is 32.1. The molecule has 9 nitrogen and oxygen atoms in total. The molecule has 0 amide bonds. The Morgan fingerprint density at radius 3 is 2.24 bits per heavy atom. The number of aliphatic hydroxyl groups is 3. The predicted octanol–water partition coefficient (Wildman–Crippen LogP) is -2.65. The van der Waals surface area contributed by atoms with Crippen LogP contribution in [0.3, 0.4) is 0 Å². The van der Waals surface area contributed by atoms with E-state index in [0.29, 0.717) is 0 Å². The summed E-state index contributed by atoms with van der Waals surface area (Å²) in [6.45, 7) is -0.472. The van der Waals surface area contributed by atoms with Crippen molar-refractivity contribution in [3.8, 4) is 0 Å². The Morgan fingerprint density at radius 2 is 1.86 bits per heavy atom. The molecule has 1 saturated heterocycles. The van der Waals surface area contributed by atoms with Crippen molar-refractivity contribution in [3.63, 3.8) is 0 Å². The van der Waals surface area contributed by atoms with Crippen LogP contribution in [-0.4, -0.2) is 60.0 Å². The van der Waals surface area contributed by atoms with Gasteiger partial charge in [0.25, 0.3) is 0 Å². The molecule has 1 aromatic rings. The lowest BCUT2D eigenvalue weighted by atomic mass is 10.1. The first-order chi connectivity index (χ1) is 9.79. The molecule has 2 heterocycles. The average molecular weight is 333 g/mol. The van der Waals surface area contributed by atoms with Gasteiger partial charge >= 0.3 is 0 Å². The van der Waals surface area contributed by atoms with Crippen molar-refractivity contribution >= 4 is 40.2 Å². The number of hydrogen-bond acceptors (Lipinski definition) is 8. The van der Waals surface area contributed by atoms with Crippen molar-refractivity contribution in [2.45, 2.75) is 24.5 Å². The van der Waals surface area contributed by atoms with Crippen LogP contribution in [0.15, 0.2) is 0 Å². The Kier molecular flexibility index (Phi) is 4.41. The third kappa shape index (κ3) is 2.59. The summed E-state index contributed by atoms with van der Waals surface area (Å²) in [6.07, 6.45) is -4.71. The van der Waals surface area contributed by atoms with Gasteiger partial charge in [-0.25, -0.2) is 4.68 Å². The van der Waals surface area contributed by atoms with E-state index in [1.165, 1.54) is 0 Å². The van der Waals surface area contributed by atoms with E-state index in [-0.39, 0.29) is 27.1 Å². The second kappa shape index (κ2) is 5.79. The zero-order valence-corrected chi connectivity index (χ0v) is 12.3. The molecule has 1 fully saturated rings. The molecule has 4 atom stereocenters. The molecule has 1 aliphatic rings. The maximum Gasteiger partial charge on any atom is 0.181 e. The number of thiocarbonyl (C=S) groups is 2. The summed E-state index contributed by atoms with van der Waals surface area (Å²) in [7, 11) is 0.